The maximum Gasteiger partial charge on any atom is 0.308 e. The summed E-state index contributed by atoms with van der Waals surface area (Å²) in [6.45, 7) is 0. The van der Waals surface area contributed by atoms with E-state index < -0.39 is 5.67 Å². The predicted molar refractivity (Wildman–Crippen MR) is 58.3 cm³/mol. The van der Waals surface area contributed by atoms with E-state index in [0.29, 0.717) is 11.4 Å². The van der Waals surface area contributed by atoms with E-state index in [-0.39, 0.29) is 24.7 Å². The van der Waals surface area contributed by atoms with Gasteiger partial charge in [-0.25, -0.2) is 9.37 Å². The molecule has 4 nitrogen and oxygen atoms in total. The van der Waals surface area contributed by atoms with E-state index in [4.69, 9.17) is 4.74 Å². The van der Waals surface area contributed by atoms with Crippen molar-refractivity contribution in [3.63, 3.8) is 0 Å². The van der Waals surface area contributed by atoms with Crippen molar-refractivity contribution in [3.8, 4) is 5.88 Å². The summed E-state index contributed by atoms with van der Waals surface area (Å²) in [6.07, 6.45) is 1.82. The molecule has 1 fully saturated rings. The van der Waals surface area contributed by atoms with Crippen molar-refractivity contribution in [2.75, 3.05) is 14.2 Å². The molecular formula is C12H14FNO3. The van der Waals surface area contributed by atoms with Crippen LogP contribution in [0, 0.1) is 5.92 Å². The van der Waals surface area contributed by atoms with Crippen LogP contribution >= 0.6 is 0 Å². The molecule has 0 aromatic carbocycles. The largest absolute Gasteiger partial charge is 0.481 e. The first-order chi connectivity index (χ1) is 8.09. The Hall–Kier alpha value is -1.65. The molecule has 17 heavy (non-hydrogen) atoms. The van der Waals surface area contributed by atoms with Crippen LogP contribution in [0.3, 0.4) is 0 Å². The highest BCUT2D eigenvalue weighted by Crippen LogP contribution is 2.49. The molecular weight excluding hydrogens is 225 g/mol. The molecule has 2 rings (SSSR count). The Morgan fingerprint density at radius 2 is 2.24 bits per heavy atom. The fraction of sp³-hybridized carbons (Fsp3) is 0.500. The van der Waals surface area contributed by atoms with E-state index >= 15 is 0 Å². The molecule has 0 atom stereocenters. The summed E-state index contributed by atoms with van der Waals surface area (Å²) in [4.78, 5) is 15.1. The molecule has 1 saturated carbocycles. The number of rotatable bonds is 3. The van der Waals surface area contributed by atoms with Crippen LogP contribution in [0.5, 0.6) is 5.88 Å². The molecule has 0 unspecified atom stereocenters. The Labute approximate surface area is 98.8 Å². The number of pyridine rings is 1. The first-order valence-electron chi connectivity index (χ1n) is 5.36. The van der Waals surface area contributed by atoms with Gasteiger partial charge >= 0.3 is 5.97 Å². The van der Waals surface area contributed by atoms with Crippen molar-refractivity contribution < 1.29 is 18.7 Å². The second kappa shape index (κ2) is 4.31. The van der Waals surface area contributed by atoms with E-state index in [1.54, 1.807) is 12.1 Å². The molecule has 1 aromatic rings. The topological polar surface area (TPSA) is 48.4 Å². The minimum absolute atomic E-state index is 0.160. The Morgan fingerprint density at radius 1 is 1.53 bits per heavy atom. The van der Waals surface area contributed by atoms with Crippen LogP contribution in [0.2, 0.25) is 0 Å². The Bertz CT molecular complexity index is 430. The molecule has 0 amide bonds. The van der Waals surface area contributed by atoms with Crippen LogP contribution in [0.1, 0.15) is 18.4 Å². The third-order valence-electron chi connectivity index (χ3n) is 3.14. The van der Waals surface area contributed by atoms with E-state index in [2.05, 4.69) is 9.72 Å². The Morgan fingerprint density at radius 3 is 2.82 bits per heavy atom. The van der Waals surface area contributed by atoms with Gasteiger partial charge in [0.2, 0.25) is 5.88 Å². The van der Waals surface area contributed by atoms with Gasteiger partial charge in [0.05, 0.1) is 20.1 Å². The quantitative estimate of drug-likeness (QED) is 0.755. The lowest BCUT2D eigenvalue weighted by molar-refractivity contribution is -0.155. The average Bonchev–Trinajstić information content (AvgIpc) is 2.34. The zero-order valence-corrected chi connectivity index (χ0v) is 9.77. The zero-order chi connectivity index (χ0) is 12.5. The van der Waals surface area contributed by atoms with E-state index in [1.807, 2.05) is 0 Å². The van der Waals surface area contributed by atoms with E-state index in [9.17, 15) is 9.18 Å². The first-order valence-corrected chi connectivity index (χ1v) is 5.36. The number of alkyl halides is 1. The molecule has 0 saturated heterocycles. The lowest BCUT2D eigenvalue weighted by atomic mass is 9.69. The van der Waals surface area contributed by atoms with Gasteiger partial charge in [-0.15, -0.1) is 0 Å². The second-order valence-electron chi connectivity index (χ2n) is 4.18. The van der Waals surface area contributed by atoms with Crippen LogP contribution in [0.25, 0.3) is 0 Å². The molecule has 1 aromatic heterocycles. The minimum atomic E-state index is -1.46. The third kappa shape index (κ3) is 2.09. The fourth-order valence-electron chi connectivity index (χ4n) is 2.09. The average molecular weight is 239 g/mol. The van der Waals surface area contributed by atoms with Gasteiger partial charge < -0.3 is 9.47 Å². The third-order valence-corrected chi connectivity index (χ3v) is 3.14. The van der Waals surface area contributed by atoms with Crippen LogP contribution < -0.4 is 4.74 Å². The van der Waals surface area contributed by atoms with E-state index in [0.717, 1.165) is 0 Å². The predicted octanol–water partition coefficient (Wildman–Crippen LogP) is 1.84. The molecule has 1 aliphatic rings. The zero-order valence-electron chi connectivity index (χ0n) is 9.77. The second-order valence-corrected chi connectivity index (χ2v) is 4.18. The lowest BCUT2D eigenvalue weighted by Gasteiger charge is -2.39. The van der Waals surface area contributed by atoms with Crippen molar-refractivity contribution in [1.82, 2.24) is 4.98 Å². The molecule has 0 radical (unpaired) electrons. The van der Waals surface area contributed by atoms with Crippen molar-refractivity contribution in [2.24, 2.45) is 5.92 Å². The first kappa shape index (κ1) is 11.8. The smallest absolute Gasteiger partial charge is 0.308 e. The van der Waals surface area contributed by atoms with Gasteiger partial charge in [0.15, 0.2) is 0 Å². The highest BCUT2D eigenvalue weighted by molar-refractivity contribution is 5.74. The van der Waals surface area contributed by atoms with Gasteiger partial charge in [0.1, 0.15) is 5.67 Å². The highest BCUT2D eigenvalue weighted by atomic mass is 19.1. The van der Waals surface area contributed by atoms with Crippen LogP contribution in [-0.4, -0.2) is 25.2 Å². The summed E-state index contributed by atoms with van der Waals surface area (Å²) < 4.78 is 23.9. The van der Waals surface area contributed by atoms with Crippen molar-refractivity contribution in [3.05, 3.63) is 23.9 Å². The van der Waals surface area contributed by atoms with Gasteiger partial charge in [-0.2, -0.15) is 0 Å². The number of halogens is 1. The van der Waals surface area contributed by atoms with Crippen molar-refractivity contribution >= 4 is 5.97 Å². The van der Waals surface area contributed by atoms with Gasteiger partial charge in [0.25, 0.3) is 0 Å². The van der Waals surface area contributed by atoms with Crippen molar-refractivity contribution in [2.45, 2.75) is 18.5 Å². The maximum atomic E-state index is 14.4. The SMILES string of the molecule is COC(=O)C1CC(F)(c2ccnc(OC)c2)C1. The number of aromatic nitrogens is 1. The van der Waals surface area contributed by atoms with Crippen LogP contribution in [0.4, 0.5) is 4.39 Å². The molecule has 0 aliphatic heterocycles. The Balaban J connectivity index is 2.11. The lowest BCUT2D eigenvalue weighted by Crippen LogP contribution is -2.41. The minimum Gasteiger partial charge on any atom is -0.481 e. The molecule has 0 bridgehead atoms. The molecule has 0 N–H and O–H groups in total. The monoisotopic (exact) mass is 239 g/mol. The summed E-state index contributed by atoms with van der Waals surface area (Å²) in [5, 5.41) is 0. The molecule has 1 heterocycles. The fourth-order valence-corrected chi connectivity index (χ4v) is 2.09. The van der Waals surface area contributed by atoms with E-state index in [1.165, 1.54) is 20.4 Å². The highest BCUT2D eigenvalue weighted by Gasteiger charge is 2.50. The maximum absolute atomic E-state index is 14.4. The molecule has 5 heteroatoms. The van der Waals surface area contributed by atoms with Crippen molar-refractivity contribution in [1.29, 1.82) is 0 Å². The van der Waals surface area contributed by atoms with Crippen LogP contribution in [0.15, 0.2) is 18.3 Å². The number of carbonyl (C=O) groups excluding carboxylic acids is 1. The summed E-state index contributed by atoms with van der Waals surface area (Å²) in [5.41, 5.74) is -0.959. The van der Waals surface area contributed by atoms with Crippen LogP contribution in [-0.2, 0) is 15.2 Å². The number of nitrogens with zero attached hydrogens (tertiary/aromatic N) is 1. The molecule has 0 spiro atoms. The summed E-state index contributed by atoms with van der Waals surface area (Å²) in [7, 11) is 2.80. The van der Waals surface area contributed by atoms with Gasteiger partial charge in [-0.3, -0.25) is 4.79 Å². The number of hydrogen-bond acceptors (Lipinski definition) is 4. The Kier molecular flexibility index (Phi) is 3.00. The number of ether oxygens (including phenoxy) is 2. The van der Waals surface area contributed by atoms with Gasteiger partial charge in [-0.05, 0) is 24.5 Å². The standard InChI is InChI=1S/C12H14FNO3/c1-16-10-5-9(3-4-14-10)12(13)6-8(7-12)11(15)17-2/h3-5,8H,6-7H2,1-2H3. The van der Waals surface area contributed by atoms with Gasteiger partial charge in [-0.1, -0.05) is 0 Å². The number of hydrogen-bond donors (Lipinski definition) is 0. The molecule has 92 valence electrons. The summed E-state index contributed by atoms with van der Waals surface area (Å²) >= 11 is 0. The van der Waals surface area contributed by atoms with Gasteiger partial charge in [0, 0.05) is 12.3 Å². The molecule has 1 aliphatic carbocycles. The normalized spacial score (nSPS) is 27.1. The summed E-state index contributed by atoms with van der Waals surface area (Å²) in [5.74, 6) is -0.315. The number of esters is 1. The number of methoxy groups -OCH3 is 2. The number of carbonyl (C=O) groups is 1. The summed E-state index contributed by atoms with van der Waals surface area (Å²) in [6, 6.07) is 3.17.